The van der Waals surface area contributed by atoms with E-state index in [1.807, 2.05) is 44.2 Å². The van der Waals surface area contributed by atoms with Crippen LogP contribution in [0.2, 0.25) is 15.1 Å². The van der Waals surface area contributed by atoms with Crippen LogP contribution >= 0.6 is 34.8 Å². The predicted octanol–water partition coefficient (Wildman–Crippen LogP) is 5.58. The Labute approximate surface area is 244 Å². The van der Waals surface area contributed by atoms with Gasteiger partial charge in [0.05, 0.1) is 22.0 Å². The number of anilines is 1. The van der Waals surface area contributed by atoms with Crippen molar-refractivity contribution in [3.63, 3.8) is 0 Å². The van der Waals surface area contributed by atoms with Gasteiger partial charge >= 0.3 is 0 Å². The van der Waals surface area contributed by atoms with Gasteiger partial charge in [-0.15, -0.1) is 0 Å². The van der Waals surface area contributed by atoms with E-state index >= 15 is 0 Å². The summed E-state index contributed by atoms with van der Waals surface area (Å²) >= 11 is 18.4. The smallest absolute Gasteiger partial charge is 0.244 e. The van der Waals surface area contributed by atoms with Crippen molar-refractivity contribution in [2.45, 2.75) is 38.9 Å². The zero-order valence-corrected chi connectivity index (χ0v) is 24.9. The Morgan fingerprint density at radius 2 is 1.54 bits per heavy atom. The van der Waals surface area contributed by atoms with E-state index in [9.17, 15) is 18.0 Å². The summed E-state index contributed by atoms with van der Waals surface area (Å²) < 4.78 is 26.6. The number of carbonyl (C=O) groups excluding carboxylic acids is 2. The SMILES string of the molecule is CC(C)NC(=O)C(Cc1ccccc1)N(Cc1cccc(Cl)c1)C(=O)CN(c1ccc(Cl)c(Cl)c1)S(C)(=O)=O. The summed E-state index contributed by atoms with van der Waals surface area (Å²) in [4.78, 5) is 28.9. The maximum atomic E-state index is 14.0. The first-order valence-electron chi connectivity index (χ1n) is 12.2. The Balaban J connectivity index is 2.07. The summed E-state index contributed by atoms with van der Waals surface area (Å²) in [7, 11) is -3.92. The van der Waals surface area contributed by atoms with Gasteiger partial charge in [0, 0.05) is 24.0 Å². The van der Waals surface area contributed by atoms with Crippen LogP contribution in [0.25, 0.3) is 0 Å². The zero-order chi connectivity index (χ0) is 28.7. The van der Waals surface area contributed by atoms with Crippen LogP contribution in [0, 0.1) is 0 Å². The molecule has 3 aromatic carbocycles. The average molecular weight is 611 g/mol. The molecular formula is C28H30Cl3N3O4S. The van der Waals surface area contributed by atoms with Crippen molar-refractivity contribution in [3.05, 3.63) is 99.0 Å². The first-order valence-corrected chi connectivity index (χ1v) is 15.1. The molecule has 0 heterocycles. The predicted molar refractivity (Wildman–Crippen MR) is 158 cm³/mol. The highest BCUT2D eigenvalue weighted by molar-refractivity contribution is 7.92. The highest BCUT2D eigenvalue weighted by atomic mass is 35.5. The summed E-state index contributed by atoms with van der Waals surface area (Å²) in [6.45, 7) is 3.13. The molecule has 3 aromatic rings. The lowest BCUT2D eigenvalue weighted by atomic mass is 10.0. The maximum absolute atomic E-state index is 14.0. The van der Waals surface area contributed by atoms with Gasteiger partial charge in [0.15, 0.2) is 0 Å². The molecule has 0 radical (unpaired) electrons. The van der Waals surface area contributed by atoms with Gasteiger partial charge in [-0.25, -0.2) is 8.42 Å². The lowest BCUT2D eigenvalue weighted by Gasteiger charge is -2.34. The van der Waals surface area contributed by atoms with Crippen molar-refractivity contribution in [1.29, 1.82) is 0 Å². The van der Waals surface area contributed by atoms with Crippen LogP contribution < -0.4 is 9.62 Å². The van der Waals surface area contributed by atoms with Crippen LogP contribution in [0.15, 0.2) is 72.8 Å². The topological polar surface area (TPSA) is 86.8 Å². The summed E-state index contributed by atoms with van der Waals surface area (Å²) in [6.07, 6.45) is 1.22. The molecule has 3 rings (SSSR count). The lowest BCUT2D eigenvalue weighted by Crippen LogP contribution is -2.54. The van der Waals surface area contributed by atoms with Gasteiger partial charge in [0.25, 0.3) is 0 Å². The van der Waals surface area contributed by atoms with E-state index in [1.165, 1.54) is 23.1 Å². The minimum atomic E-state index is -3.92. The Kier molecular flexibility index (Phi) is 10.7. The van der Waals surface area contributed by atoms with Crippen molar-refractivity contribution in [1.82, 2.24) is 10.2 Å². The standard InChI is InChI=1S/C28H30Cl3N3O4S/c1-19(2)32-28(36)26(15-20-8-5-4-6-9-20)33(17-21-10-7-11-22(29)14-21)27(35)18-34(39(3,37)38)23-12-13-24(30)25(31)16-23/h4-14,16,19,26H,15,17-18H2,1-3H3,(H,32,36). The number of benzene rings is 3. The van der Waals surface area contributed by atoms with Crippen LogP contribution in [0.1, 0.15) is 25.0 Å². The number of nitrogens with one attached hydrogen (secondary N) is 1. The summed E-state index contributed by atoms with van der Waals surface area (Å²) in [5.74, 6) is -0.934. The molecule has 1 N–H and O–H groups in total. The molecule has 0 aliphatic carbocycles. The molecule has 2 amide bonds. The molecule has 0 aromatic heterocycles. The van der Waals surface area contributed by atoms with Gasteiger partial charge in [0.2, 0.25) is 21.8 Å². The highest BCUT2D eigenvalue weighted by Crippen LogP contribution is 2.29. The van der Waals surface area contributed by atoms with Crippen LogP contribution in [-0.2, 0) is 32.6 Å². The normalized spacial score (nSPS) is 12.2. The highest BCUT2D eigenvalue weighted by Gasteiger charge is 2.33. The van der Waals surface area contributed by atoms with E-state index in [1.54, 1.807) is 24.3 Å². The van der Waals surface area contributed by atoms with E-state index in [-0.39, 0.29) is 40.6 Å². The molecule has 0 aliphatic heterocycles. The fraction of sp³-hybridized carbons (Fsp3) is 0.286. The van der Waals surface area contributed by atoms with Crippen molar-refractivity contribution in [3.8, 4) is 0 Å². The molecule has 0 spiro atoms. The molecule has 1 unspecified atom stereocenters. The molecule has 11 heteroatoms. The van der Waals surface area contributed by atoms with Gasteiger partial charge in [-0.1, -0.05) is 77.3 Å². The number of amides is 2. The molecule has 0 aliphatic rings. The van der Waals surface area contributed by atoms with Crippen LogP contribution in [0.3, 0.4) is 0 Å². The Bertz CT molecular complexity index is 1420. The third kappa shape index (κ3) is 8.86. The third-order valence-electron chi connectivity index (χ3n) is 5.81. The number of rotatable bonds is 11. The van der Waals surface area contributed by atoms with Crippen molar-refractivity contribution in [2.75, 3.05) is 17.1 Å². The summed E-state index contributed by atoms with van der Waals surface area (Å²) in [5, 5.41) is 3.76. The summed E-state index contributed by atoms with van der Waals surface area (Å²) in [6, 6.07) is 19.5. The zero-order valence-electron chi connectivity index (χ0n) is 21.8. The molecule has 0 fully saturated rings. The van der Waals surface area contributed by atoms with E-state index in [4.69, 9.17) is 34.8 Å². The number of carbonyl (C=O) groups is 2. The van der Waals surface area contributed by atoms with E-state index < -0.39 is 28.5 Å². The number of hydrogen-bond acceptors (Lipinski definition) is 4. The van der Waals surface area contributed by atoms with Gasteiger partial charge in [-0.3, -0.25) is 13.9 Å². The fourth-order valence-electron chi connectivity index (χ4n) is 4.02. The van der Waals surface area contributed by atoms with Gasteiger partial charge < -0.3 is 10.2 Å². The van der Waals surface area contributed by atoms with Crippen LogP contribution in [0.4, 0.5) is 5.69 Å². The minimum Gasteiger partial charge on any atom is -0.352 e. The molecule has 7 nitrogen and oxygen atoms in total. The molecule has 39 heavy (non-hydrogen) atoms. The first kappa shape index (κ1) is 30.8. The third-order valence-corrected chi connectivity index (χ3v) is 7.93. The molecule has 0 saturated carbocycles. The second kappa shape index (κ2) is 13.5. The summed E-state index contributed by atoms with van der Waals surface area (Å²) in [5.41, 5.74) is 1.70. The maximum Gasteiger partial charge on any atom is 0.244 e. The Morgan fingerprint density at radius 3 is 2.13 bits per heavy atom. The number of sulfonamides is 1. The van der Waals surface area contributed by atoms with Crippen LogP contribution in [0.5, 0.6) is 0 Å². The minimum absolute atomic E-state index is 0.0292. The average Bonchev–Trinajstić information content (AvgIpc) is 2.86. The number of nitrogens with zero attached hydrogens (tertiary/aromatic N) is 2. The largest absolute Gasteiger partial charge is 0.352 e. The molecule has 0 bridgehead atoms. The Morgan fingerprint density at radius 1 is 0.872 bits per heavy atom. The van der Waals surface area contributed by atoms with Gasteiger partial charge in [-0.2, -0.15) is 0 Å². The number of halogens is 3. The molecular weight excluding hydrogens is 581 g/mol. The molecule has 208 valence electrons. The van der Waals surface area contributed by atoms with Crippen LogP contribution in [-0.4, -0.2) is 50.0 Å². The van der Waals surface area contributed by atoms with Crippen molar-refractivity contribution >= 4 is 62.3 Å². The Hall–Kier alpha value is -2.78. The van der Waals surface area contributed by atoms with Gasteiger partial charge in [-0.05, 0) is 55.3 Å². The van der Waals surface area contributed by atoms with E-state index in [0.29, 0.717) is 10.6 Å². The molecule has 0 saturated heterocycles. The quantitative estimate of drug-likeness (QED) is 0.307. The monoisotopic (exact) mass is 609 g/mol. The second-order valence-electron chi connectivity index (χ2n) is 9.39. The second-order valence-corrected chi connectivity index (χ2v) is 12.5. The van der Waals surface area contributed by atoms with E-state index in [2.05, 4.69) is 5.32 Å². The molecule has 1 atom stereocenters. The van der Waals surface area contributed by atoms with Gasteiger partial charge in [0.1, 0.15) is 12.6 Å². The van der Waals surface area contributed by atoms with E-state index in [0.717, 1.165) is 16.1 Å². The van der Waals surface area contributed by atoms with Crippen molar-refractivity contribution < 1.29 is 18.0 Å². The lowest BCUT2D eigenvalue weighted by molar-refractivity contribution is -0.140. The van der Waals surface area contributed by atoms with Crippen molar-refractivity contribution in [2.24, 2.45) is 0 Å². The first-order chi connectivity index (χ1) is 18.3. The number of hydrogen-bond donors (Lipinski definition) is 1. The fourth-order valence-corrected chi connectivity index (χ4v) is 5.37.